The van der Waals surface area contributed by atoms with Gasteiger partial charge in [0.05, 0.1) is 26.5 Å². The SMILES string of the molecule is CCOC(=O)[C@]12CCC=C1N(Cc1ccco1)C(=O)[C@H](CC(=O)NCCc1ccccc1OC)C2. The number of piperidine rings is 1. The van der Waals surface area contributed by atoms with Gasteiger partial charge in [-0.1, -0.05) is 24.3 Å². The molecule has 0 bridgehead atoms. The minimum atomic E-state index is -0.918. The van der Waals surface area contributed by atoms with Crippen LogP contribution in [0, 0.1) is 11.3 Å². The summed E-state index contributed by atoms with van der Waals surface area (Å²) < 4.78 is 16.3. The number of rotatable bonds is 10. The van der Waals surface area contributed by atoms with Crippen LogP contribution in [0.1, 0.15) is 43.9 Å². The van der Waals surface area contributed by atoms with Crippen molar-refractivity contribution >= 4 is 17.8 Å². The molecule has 8 nitrogen and oxygen atoms in total. The number of allylic oxidation sites excluding steroid dienone is 1. The average Bonchev–Trinajstić information content (AvgIpc) is 3.52. The second-order valence-electron chi connectivity index (χ2n) is 8.95. The summed E-state index contributed by atoms with van der Waals surface area (Å²) in [6.45, 7) is 2.66. The van der Waals surface area contributed by atoms with E-state index in [9.17, 15) is 14.4 Å². The molecular formula is C27H32N2O6. The zero-order valence-corrected chi connectivity index (χ0v) is 20.2. The number of hydrogen-bond donors (Lipinski definition) is 1. The number of para-hydroxylation sites is 1. The lowest BCUT2D eigenvalue weighted by molar-refractivity contribution is -0.161. The molecule has 1 N–H and O–H groups in total. The first-order valence-corrected chi connectivity index (χ1v) is 12.1. The van der Waals surface area contributed by atoms with Gasteiger partial charge in [-0.2, -0.15) is 0 Å². The molecule has 2 aliphatic rings. The molecule has 1 aromatic heterocycles. The lowest BCUT2D eigenvalue weighted by atomic mass is 9.71. The first-order chi connectivity index (χ1) is 17.0. The van der Waals surface area contributed by atoms with E-state index in [1.807, 2.05) is 30.3 Å². The number of ether oxygens (including phenoxy) is 2. The third kappa shape index (κ3) is 5.11. The van der Waals surface area contributed by atoms with Crippen molar-refractivity contribution < 1.29 is 28.3 Å². The Hall–Kier alpha value is -3.55. The van der Waals surface area contributed by atoms with E-state index in [1.165, 1.54) is 0 Å². The number of fused-ring (bicyclic) bond motifs is 1. The highest BCUT2D eigenvalue weighted by molar-refractivity contribution is 5.92. The van der Waals surface area contributed by atoms with E-state index in [0.717, 1.165) is 11.3 Å². The molecule has 1 aromatic carbocycles. The minimum Gasteiger partial charge on any atom is -0.496 e. The Bertz CT molecular complexity index is 1090. The quantitative estimate of drug-likeness (QED) is 0.522. The van der Waals surface area contributed by atoms with Crippen LogP contribution < -0.4 is 10.1 Å². The largest absolute Gasteiger partial charge is 0.496 e. The molecule has 4 rings (SSSR count). The van der Waals surface area contributed by atoms with Crippen molar-refractivity contribution in [1.29, 1.82) is 0 Å². The Morgan fingerprint density at radius 3 is 2.80 bits per heavy atom. The first-order valence-electron chi connectivity index (χ1n) is 12.1. The fourth-order valence-corrected chi connectivity index (χ4v) is 5.18. The monoisotopic (exact) mass is 480 g/mol. The molecule has 0 spiro atoms. The maximum absolute atomic E-state index is 13.5. The van der Waals surface area contributed by atoms with E-state index in [0.29, 0.717) is 37.3 Å². The number of carbonyl (C=O) groups excluding carboxylic acids is 3. The molecule has 2 aromatic rings. The molecular weight excluding hydrogens is 448 g/mol. The van der Waals surface area contributed by atoms with Crippen molar-refractivity contribution in [3.05, 3.63) is 65.8 Å². The van der Waals surface area contributed by atoms with E-state index in [4.69, 9.17) is 13.9 Å². The Labute approximate surface area is 205 Å². The number of carbonyl (C=O) groups is 3. The normalized spacial score (nSPS) is 21.3. The fourth-order valence-electron chi connectivity index (χ4n) is 5.18. The molecule has 0 saturated carbocycles. The van der Waals surface area contributed by atoms with Gasteiger partial charge < -0.3 is 24.1 Å². The van der Waals surface area contributed by atoms with E-state index in [1.54, 1.807) is 37.3 Å². The summed E-state index contributed by atoms with van der Waals surface area (Å²) in [6.07, 6.45) is 5.62. The van der Waals surface area contributed by atoms with Crippen LogP contribution in [0.5, 0.6) is 5.75 Å². The zero-order valence-electron chi connectivity index (χ0n) is 20.2. The Morgan fingerprint density at radius 1 is 1.23 bits per heavy atom. The highest BCUT2D eigenvalue weighted by atomic mass is 16.5. The predicted molar refractivity (Wildman–Crippen MR) is 128 cm³/mol. The molecule has 2 heterocycles. The third-order valence-corrected chi connectivity index (χ3v) is 6.80. The van der Waals surface area contributed by atoms with Crippen LogP contribution >= 0.6 is 0 Å². The van der Waals surface area contributed by atoms with Gasteiger partial charge in [0.15, 0.2) is 0 Å². The van der Waals surface area contributed by atoms with Gasteiger partial charge in [-0.15, -0.1) is 0 Å². The van der Waals surface area contributed by atoms with E-state index in [2.05, 4.69) is 5.32 Å². The summed E-state index contributed by atoms with van der Waals surface area (Å²) in [6, 6.07) is 11.2. The summed E-state index contributed by atoms with van der Waals surface area (Å²) in [4.78, 5) is 41.1. The Kier molecular flexibility index (Phi) is 7.58. The lowest BCUT2D eigenvalue weighted by Gasteiger charge is -2.43. The van der Waals surface area contributed by atoms with Crippen molar-refractivity contribution in [2.75, 3.05) is 20.3 Å². The first kappa shape index (κ1) is 24.6. The number of hydrogen-bond acceptors (Lipinski definition) is 6. The standard InChI is InChI=1S/C27H32N2O6/c1-3-34-26(32)27-13-6-11-23(27)29(18-21-9-7-15-35-21)25(31)20(17-27)16-24(30)28-14-12-19-8-4-5-10-22(19)33-2/h4-5,7-11,15,20H,3,6,12-14,16-18H2,1-2H3,(H,28,30)/t20-,27+/m1/s1. The van der Waals surface area contributed by atoms with Gasteiger partial charge in [0.1, 0.15) is 16.9 Å². The van der Waals surface area contributed by atoms with Crippen molar-refractivity contribution in [3.8, 4) is 5.75 Å². The van der Waals surface area contributed by atoms with Gasteiger partial charge in [-0.25, -0.2) is 0 Å². The Morgan fingerprint density at radius 2 is 2.06 bits per heavy atom. The number of furan rings is 1. The van der Waals surface area contributed by atoms with Gasteiger partial charge in [0.2, 0.25) is 11.8 Å². The summed E-state index contributed by atoms with van der Waals surface area (Å²) in [5.41, 5.74) is 0.750. The van der Waals surface area contributed by atoms with Gasteiger partial charge in [0, 0.05) is 24.6 Å². The summed E-state index contributed by atoms with van der Waals surface area (Å²) in [7, 11) is 1.62. The van der Waals surface area contributed by atoms with Crippen LogP contribution in [0.15, 0.2) is 58.9 Å². The van der Waals surface area contributed by atoms with Crippen LogP contribution in [0.2, 0.25) is 0 Å². The van der Waals surface area contributed by atoms with Crippen LogP contribution in [0.25, 0.3) is 0 Å². The highest BCUT2D eigenvalue weighted by Gasteiger charge is 2.55. The molecule has 186 valence electrons. The van der Waals surface area contributed by atoms with E-state index >= 15 is 0 Å². The van der Waals surface area contributed by atoms with Crippen molar-refractivity contribution in [3.63, 3.8) is 0 Å². The number of nitrogens with one attached hydrogen (secondary N) is 1. The van der Waals surface area contributed by atoms with Crippen LogP contribution in [-0.2, 0) is 32.1 Å². The topological polar surface area (TPSA) is 98.1 Å². The number of likely N-dealkylation sites (tertiary alicyclic amines) is 1. The molecule has 1 aliphatic carbocycles. The summed E-state index contributed by atoms with van der Waals surface area (Å²) >= 11 is 0. The summed E-state index contributed by atoms with van der Waals surface area (Å²) in [5, 5.41) is 2.92. The van der Waals surface area contributed by atoms with Crippen LogP contribution in [0.4, 0.5) is 0 Å². The molecule has 2 amide bonds. The maximum Gasteiger partial charge on any atom is 0.318 e. The zero-order chi connectivity index (χ0) is 24.8. The van der Waals surface area contributed by atoms with E-state index in [-0.39, 0.29) is 43.8 Å². The van der Waals surface area contributed by atoms with E-state index < -0.39 is 11.3 Å². The lowest BCUT2D eigenvalue weighted by Crippen LogP contribution is -2.52. The molecule has 1 aliphatic heterocycles. The fraction of sp³-hybridized carbons (Fsp3) is 0.444. The number of esters is 1. The number of amides is 2. The van der Waals surface area contributed by atoms with Crippen molar-refractivity contribution in [1.82, 2.24) is 10.2 Å². The predicted octanol–water partition coefficient (Wildman–Crippen LogP) is 3.61. The molecule has 0 unspecified atom stereocenters. The van der Waals surface area contributed by atoms with Gasteiger partial charge in [-0.3, -0.25) is 14.4 Å². The molecule has 2 atom stereocenters. The van der Waals surface area contributed by atoms with Crippen LogP contribution in [-0.4, -0.2) is 42.9 Å². The van der Waals surface area contributed by atoms with Crippen LogP contribution in [0.3, 0.4) is 0 Å². The van der Waals surface area contributed by atoms with Gasteiger partial charge in [-0.05, 0) is 56.4 Å². The number of methoxy groups -OCH3 is 1. The highest BCUT2D eigenvalue weighted by Crippen LogP contribution is 2.51. The Balaban J connectivity index is 1.48. The van der Waals surface area contributed by atoms with Gasteiger partial charge in [0.25, 0.3) is 0 Å². The number of nitrogens with zero attached hydrogens (tertiary/aromatic N) is 1. The maximum atomic E-state index is 13.5. The van der Waals surface area contributed by atoms with Crippen molar-refractivity contribution in [2.45, 2.75) is 45.6 Å². The molecule has 1 saturated heterocycles. The smallest absolute Gasteiger partial charge is 0.318 e. The second kappa shape index (κ2) is 10.8. The molecule has 0 radical (unpaired) electrons. The third-order valence-electron chi connectivity index (χ3n) is 6.80. The summed E-state index contributed by atoms with van der Waals surface area (Å²) in [5.74, 6) is 0.0358. The van der Waals surface area contributed by atoms with Crippen molar-refractivity contribution in [2.24, 2.45) is 11.3 Å². The average molecular weight is 481 g/mol. The molecule has 35 heavy (non-hydrogen) atoms. The van der Waals surface area contributed by atoms with Gasteiger partial charge >= 0.3 is 5.97 Å². The number of benzene rings is 1. The molecule has 1 fully saturated rings. The minimum absolute atomic E-state index is 0.00779. The second-order valence-corrected chi connectivity index (χ2v) is 8.95. The molecule has 8 heteroatoms.